The molecule has 122 valence electrons. The average molecular weight is 333 g/mol. The van der Waals surface area contributed by atoms with Crippen LogP contribution in [-0.2, 0) is 4.79 Å². The molecule has 0 aliphatic rings. The Morgan fingerprint density at radius 1 is 0.917 bits per heavy atom. The van der Waals surface area contributed by atoms with Crippen molar-refractivity contribution in [2.24, 2.45) is 0 Å². The van der Waals surface area contributed by atoms with Crippen molar-refractivity contribution in [1.82, 2.24) is 10.2 Å². The molecule has 2 aromatic carbocycles. The van der Waals surface area contributed by atoms with Crippen molar-refractivity contribution < 1.29 is 22.4 Å². The van der Waals surface area contributed by atoms with E-state index in [1.54, 1.807) is 23.5 Å². The minimum absolute atomic E-state index is 0.0192. The summed E-state index contributed by atoms with van der Waals surface area (Å²) in [6.07, 6.45) is -4.96. The smallest absolute Gasteiger partial charge is 0.416 e. The zero-order chi connectivity index (χ0) is 17.2. The predicted molar refractivity (Wildman–Crippen MR) is 79.9 cm³/mol. The molecule has 5 nitrogen and oxygen atoms in total. The van der Waals surface area contributed by atoms with E-state index in [-0.39, 0.29) is 17.5 Å². The summed E-state index contributed by atoms with van der Waals surface area (Å²) in [7, 11) is 0. The standard InChI is InChI=1S/C16H10F3N3O2/c17-16(18,19)15(23)20-12-8-4-7-11(9-12)14-22-21-13(24-14)10-5-2-1-3-6-10/h1-9H,(H,20,23). The first-order valence-electron chi connectivity index (χ1n) is 6.81. The molecule has 1 heterocycles. The first kappa shape index (κ1) is 15.7. The van der Waals surface area contributed by atoms with Gasteiger partial charge in [0.25, 0.3) is 0 Å². The van der Waals surface area contributed by atoms with Crippen molar-refractivity contribution in [3.63, 3.8) is 0 Å². The molecule has 8 heteroatoms. The van der Waals surface area contributed by atoms with E-state index in [9.17, 15) is 18.0 Å². The minimum atomic E-state index is -4.96. The van der Waals surface area contributed by atoms with Crippen LogP contribution in [0.25, 0.3) is 22.9 Å². The maximum absolute atomic E-state index is 12.3. The van der Waals surface area contributed by atoms with Crippen LogP contribution in [0, 0.1) is 0 Å². The molecule has 0 aliphatic heterocycles. The zero-order valence-corrected chi connectivity index (χ0v) is 12.0. The van der Waals surface area contributed by atoms with Crippen molar-refractivity contribution >= 4 is 11.6 Å². The van der Waals surface area contributed by atoms with Crippen LogP contribution in [0.3, 0.4) is 0 Å². The Hall–Kier alpha value is -3.16. The largest absolute Gasteiger partial charge is 0.471 e. The second-order valence-corrected chi connectivity index (χ2v) is 4.81. The van der Waals surface area contributed by atoms with Gasteiger partial charge in [-0.15, -0.1) is 10.2 Å². The molecule has 0 atom stereocenters. The molecule has 0 spiro atoms. The maximum Gasteiger partial charge on any atom is 0.471 e. The molecule has 1 aromatic heterocycles. The summed E-state index contributed by atoms with van der Waals surface area (Å²) < 4.78 is 42.4. The van der Waals surface area contributed by atoms with Gasteiger partial charge in [-0.25, -0.2) is 0 Å². The van der Waals surface area contributed by atoms with Crippen molar-refractivity contribution in [3.8, 4) is 22.9 Å². The summed E-state index contributed by atoms with van der Waals surface area (Å²) in [5.74, 6) is -1.62. The fourth-order valence-corrected chi connectivity index (χ4v) is 1.97. The topological polar surface area (TPSA) is 68.0 Å². The summed E-state index contributed by atoms with van der Waals surface area (Å²) >= 11 is 0. The molecule has 1 amide bonds. The fourth-order valence-electron chi connectivity index (χ4n) is 1.97. The van der Waals surface area contributed by atoms with Gasteiger partial charge in [0.15, 0.2) is 0 Å². The van der Waals surface area contributed by atoms with E-state index in [1.807, 2.05) is 18.2 Å². The third-order valence-electron chi connectivity index (χ3n) is 3.07. The molecule has 0 bridgehead atoms. The molecule has 0 saturated heterocycles. The van der Waals surface area contributed by atoms with Crippen LogP contribution in [-0.4, -0.2) is 22.3 Å². The monoisotopic (exact) mass is 333 g/mol. The molecule has 0 saturated carbocycles. The molecule has 0 fully saturated rings. The highest BCUT2D eigenvalue weighted by Gasteiger charge is 2.38. The number of aromatic nitrogens is 2. The molecule has 0 aliphatic carbocycles. The molecule has 0 unspecified atom stereocenters. The molecule has 3 aromatic rings. The van der Waals surface area contributed by atoms with Crippen molar-refractivity contribution in [2.45, 2.75) is 6.18 Å². The van der Waals surface area contributed by atoms with E-state index in [1.165, 1.54) is 18.2 Å². The molecule has 3 rings (SSSR count). The highest BCUT2D eigenvalue weighted by atomic mass is 19.4. The first-order valence-corrected chi connectivity index (χ1v) is 6.81. The third kappa shape index (κ3) is 3.43. The lowest BCUT2D eigenvalue weighted by atomic mass is 10.2. The van der Waals surface area contributed by atoms with E-state index in [4.69, 9.17) is 4.42 Å². The van der Waals surface area contributed by atoms with Gasteiger partial charge in [-0.2, -0.15) is 13.2 Å². The number of nitrogens with one attached hydrogen (secondary N) is 1. The van der Waals surface area contributed by atoms with Gasteiger partial charge < -0.3 is 9.73 Å². The summed E-state index contributed by atoms with van der Waals surface area (Å²) in [5, 5.41) is 9.57. The maximum atomic E-state index is 12.3. The molecule has 1 N–H and O–H groups in total. The number of alkyl halides is 3. The number of hydrogen-bond donors (Lipinski definition) is 1. The van der Waals surface area contributed by atoms with E-state index < -0.39 is 12.1 Å². The zero-order valence-electron chi connectivity index (χ0n) is 12.0. The van der Waals surface area contributed by atoms with Gasteiger partial charge >= 0.3 is 12.1 Å². The quantitative estimate of drug-likeness (QED) is 0.789. The van der Waals surface area contributed by atoms with Crippen molar-refractivity contribution in [2.75, 3.05) is 5.32 Å². The van der Waals surface area contributed by atoms with E-state index in [0.717, 1.165) is 5.56 Å². The van der Waals surface area contributed by atoms with Crippen molar-refractivity contribution in [1.29, 1.82) is 0 Å². The Bertz CT molecular complexity index is 860. The van der Waals surface area contributed by atoms with Crippen LogP contribution in [0.2, 0.25) is 0 Å². The highest BCUT2D eigenvalue weighted by Crippen LogP contribution is 2.26. The van der Waals surface area contributed by atoms with Gasteiger partial charge in [0.05, 0.1) is 0 Å². The Balaban J connectivity index is 1.85. The first-order chi connectivity index (χ1) is 11.4. The SMILES string of the molecule is O=C(Nc1cccc(-c2nnc(-c3ccccc3)o2)c1)C(F)(F)F. The Kier molecular flexibility index (Phi) is 4.03. The molecular weight excluding hydrogens is 323 g/mol. The van der Waals surface area contributed by atoms with Crippen LogP contribution in [0.5, 0.6) is 0 Å². The van der Waals surface area contributed by atoms with E-state index >= 15 is 0 Å². The van der Waals surface area contributed by atoms with Crippen LogP contribution in [0.1, 0.15) is 0 Å². The molecule has 24 heavy (non-hydrogen) atoms. The second kappa shape index (κ2) is 6.15. The molecule has 0 radical (unpaired) electrons. The normalized spacial score (nSPS) is 11.3. The van der Waals surface area contributed by atoms with Gasteiger partial charge in [0.1, 0.15) is 0 Å². The van der Waals surface area contributed by atoms with Crippen LogP contribution in [0.4, 0.5) is 18.9 Å². The van der Waals surface area contributed by atoms with Crippen LogP contribution < -0.4 is 5.32 Å². The Morgan fingerprint density at radius 3 is 2.21 bits per heavy atom. The highest BCUT2D eigenvalue weighted by molar-refractivity contribution is 5.95. The lowest BCUT2D eigenvalue weighted by Gasteiger charge is -2.08. The lowest BCUT2D eigenvalue weighted by Crippen LogP contribution is -2.29. The van der Waals surface area contributed by atoms with Gasteiger partial charge in [0.2, 0.25) is 11.8 Å². The number of hydrogen-bond acceptors (Lipinski definition) is 4. The minimum Gasteiger partial charge on any atom is -0.416 e. The third-order valence-corrected chi connectivity index (χ3v) is 3.07. The number of nitrogens with zero attached hydrogens (tertiary/aromatic N) is 2. The number of rotatable bonds is 3. The van der Waals surface area contributed by atoms with Crippen LogP contribution in [0.15, 0.2) is 59.0 Å². The number of carbonyl (C=O) groups is 1. The number of anilines is 1. The summed E-state index contributed by atoms with van der Waals surface area (Å²) in [6, 6.07) is 14.8. The van der Waals surface area contributed by atoms with Gasteiger partial charge in [0, 0.05) is 16.8 Å². The summed E-state index contributed by atoms with van der Waals surface area (Å²) in [5.41, 5.74) is 1.09. The predicted octanol–water partition coefficient (Wildman–Crippen LogP) is 3.90. The second-order valence-electron chi connectivity index (χ2n) is 4.81. The fraction of sp³-hybridized carbons (Fsp3) is 0.0625. The van der Waals surface area contributed by atoms with Crippen molar-refractivity contribution in [3.05, 3.63) is 54.6 Å². The number of halogens is 3. The molecular formula is C16H10F3N3O2. The van der Waals surface area contributed by atoms with E-state index in [0.29, 0.717) is 5.56 Å². The summed E-state index contributed by atoms with van der Waals surface area (Å²) in [6.45, 7) is 0. The Morgan fingerprint density at radius 2 is 1.54 bits per heavy atom. The van der Waals surface area contributed by atoms with Crippen LogP contribution >= 0.6 is 0 Å². The summed E-state index contributed by atoms with van der Waals surface area (Å²) in [4.78, 5) is 11.0. The van der Waals surface area contributed by atoms with Gasteiger partial charge in [-0.1, -0.05) is 24.3 Å². The lowest BCUT2D eigenvalue weighted by molar-refractivity contribution is -0.167. The number of amides is 1. The average Bonchev–Trinajstić information content (AvgIpc) is 3.05. The number of carbonyl (C=O) groups excluding carboxylic acids is 1. The Labute approximate surface area is 134 Å². The van der Waals surface area contributed by atoms with E-state index in [2.05, 4.69) is 10.2 Å². The number of benzene rings is 2. The van der Waals surface area contributed by atoms with Gasteiger partial charge in [-0.05, 0) is 30.3 Å². The van der Waals surface area contributed by atoms with Gasteiger partial charge in [-0.3, -0.25) is 4.79 Å².